The standard InChI is InChI=1S/C26H23N3O5/c1-31-21-10-7-19(8-11-21)26(30)29(16-18-5-3-2-4-6-18)14-13-24-27-25(28-34-24)20-9-12-22-23(15-20)33-17-32-22/h2-12,15H,13-14,16-17H2,1H3. The zero-order valence-corrected chi connectivity index (χ0v) is 18.6. The van der Waals surface area contributed by atoms with Gasteiger partial charge in [-0.1, -0.05) is 35.5 Å². The first-order valence-electron chi connectivity index (χ1n) is 10.9. The minimum Gasteiger partial charge on any atom is -0.497 e. The first-order chi connectivity index (χ1) is 16.7. The molecule has 3 aromatic carbocycles. The molecule has 0 saturated carbocycles. The third-order valence-electron chi connectivity index (χ3n) is 5.53. The SMILES string of the molecule is COc1ccc(C(=O)N(CCc2nc(-c3ccc4c(c3)OCO4)no2)Cc2ccccc2)cc1. The first kappa shape index (κ1) is 21.5. The van der Waals surface area contributed by atoms with Crippen molar-refractivity contribution in [3.63, 3.8) is 0 Å². The minimum absolute atomic E-state index is 0.0815. The highest BCUT2D eigenvalue weighted by molar-refractivity contribution is 5.94. The van der Waals surface area contributed by atoms with Crippen molar-refractivity contribution >= 4 is 5.91 Å². The van der Waals surface area contributed by atoms with E-state index in [1.54, 1.807) is 36.3 Å². The number of aromatic nitrogens is 2. The maximum Gasteiger partial charge on any atom is 0.254 e. The van der Waals surface area contributed by atoms with Gasteiger partial charge in [0.1, 0.15) is 5.75 Å². The van der Waals surface area contributed by atoms with Crippen LogP contribution >= 0.6 is 0 Å². The molecule has 0 fully saturated rings. The summed E-state index contributed by atoms with van der Waals surface area (Å²) in [5.74, 6) is 2.89. The van der Waals surface area contributed by atoms with E-state index in [1.165, 1.54) is 0 Å². The maximum atomic E-state index is 13.3. The number of benzene rings is 3. The monoisotopic (exact) mass is 457 g/mol. The second kappa shape index (κ2) is 9.66. The third kappa shape index (κ3) is 4.71. The number of amides is 1. The Labute approximate surface area is 196 Å². The molecular weight excluding hydrogens is 434 g/mol. The summed E-state index contributed by atoms with van der Waals surface area (Å²) in [6.45, 7) is 1.09. The highest BCUT2D eigenvalue weighted by Gasteiger charge is 2.20. The van der Waals surface area contributed by atoms with Crippen LogP contribution in [0.4, 0.5) is 0 Å². The van der Waals surface area contributed by atoms with Gasteiger partial charge in [-0.25, -0.2) is 0 Å². The lowest BCUT2D eigenvalue weighted by Gasteiger charge is -2.22. The van der Waals surface area contributed by atoms with E-state index in [4.69, 9.17) is 18.7 Å². The molecule has 0 aliphatic carbocycles. The summed E-state index contributed by atoms with van der Waals surface area (Å²) < 4.78 is 21.4. The van der Waals surface area contributed by atoms with Crippen LogP contribution in [-0.4, -0.2) is 41.4 Å². The van der Waals surface area contributed by atoms with Crippen molar-refractivity contribution in [3.8, 4) is 28.6 Å². The van der Waals surface area contributed by atoms with Gasteiger partial charge in [0.25, 0.3) is 5.91 Å². The Morgan fingerprint density at radius 3 is 2.59 bits per heavy atom. The van der Waals surface area contributed by atoms with Crippen LogP contribution in [-0.2, 0) is 13.0 Å². The van der Waals surface area contributed by atoms with E-state index in [1.807, 2.05) is 48.5 Å². The van der Waals surface area contributed by atoms with E-state index in [-0.39, 0.29) is 12.7 Å². The molecule has 0 spiro atoms. The topological polar surface area (TPSA) is 86.9 Å². The fourth-order valence-electron chi connectivity index (χ4n) is 3.71. The molecule has 1 amide bonds. The van der Waals surface area contributed by atoms with Gasteiger partial charge < -0.3 is 23.6 Å². The number of ether oxygens (including phenoxy) is 3. The van der Waals surface area contributed by atoms with Gasteiger partial charge in [0, 0.05) is 30.6 Å². The Kier molecular flexibility index (Phi) is 6.11. The number of hydrogen-bond acceptors (Lipinski definition) is 7. The first-order valence-corrected chi connectivity index (χ1v) is 10.9. The van der Waals surface area contributed by atoms with Crippen molar-refractivity contribution in [1.82, 2.24) is 15.0 Å². The number of carbonyl (C=O) groups excluding carboxylic acids is 1. The zero-order valence-electron chi connectivity index (χ0n) is 18.6. The Hall–Kier alpha value is -4.33. The van der Waals surface area contributed by atoms with Crippen molar-refractivity contribution in [2.24, 2.45) is 0 Å². The molecule has 0 bridgehead atoms. The number of hydrogen-bond donors (Lipinski definition) is 0. The molecule has 34 heavy (non-hydrogen) atoms. The number of carbonyl (C=O) groups is 1. The lowest BCUT2D eigenvalue weighted by Crippen LogP contribution is -2.32. The van der Waals surface area contributed by atoms with Gasteiger partial charge in [0.2, 0.25) is 18.5 Å². The molecule has 1 aliphatic heterocycles. The Balaban J connectivity index is 1.31. The summed E-state index contributed by atoms with van der Waals surface area (Å²) in [5, 5.41) is 4.10. The Morgan fingerprint density at radius 1 is 1.00 bits per heavy atom. The summed E-state index contributed by atoms with van der Waals surface area (Å²) in [6.07, 6.45) is 0.423. The van der Waals surface area contributed by atoms with Crippen molar-refractivity contribution < 1.29 is 23.5 Å². The lowest BCUT2D eigenvalue weighted by molar-refractivity contribution is 0.0741. The predicted octanol–water partition coefficient (Wildman–Crippen LogP) is 4.36. The third-order valence-corrected chi connectivity index (χ3v) is 5.53. The molecule has 1 aromatic heterocycles. The van der Waals surface area contributed by atoms with Crippen LogP contribution in [0.5, 0.6) is 17.2 Å². The molecule has 1 aliphatic rings. The van der Waals surface area contributed by atoms with Crippen LogP contribution in [0.3, 0.4) is 0 Å². The fourth-order valence-corrected chi connectivity index (χ4v) is 3.71. The van der Waals surface area contributed by atoms with E-state index in [0.717, 1.165) is 11.1 Å². The molecule has 0 radical (unpaired) electrons. The van der Waals surface area contributed by atoms with Gasteiger partial charge >= 0.3 is 0 Å². The molecule has 8 heteroatoms. The fraction of sp³-hybridized carbons (Fsp3) is 0.192. The number of nitrogens with zero attached hydrogens (tertiary/aromatic N) is 3. The highest BCUT2D eigenvalue weighted by Crippen LogP contribution is 2.35. The van der Waals surface area contributed by atoms with Gasteiger partial charge in [-0.15, -0.1) is 0 Å². The summed E-state index contributed by atoms with van der Waals surface area (Å²) in [5.41, 5.74) is 2.40. The Bertz CT molecular complexity index is 1270. The van der Waals surface area contributed by atoms with Crippen molar-refractivity contribution in [2.45, 2.75) is 13.0 Å². The largest absolute Gasteiger partial charge is 0.497 e. The molecule has 8 nitrogen and oxygen atoms in total. The van der Waals surface area contributed by atoms with Crippen molar-refractivity contribution in [2.75, 3.05) is 20.4 Å². The summed E-state index contributed by atoms with van der Waals surface area (Å²) >= 11 is 0. The molecular formula is C26H23N3O5. The van der Waals surface area contributed by atoms with E-state index in [2.05, 4.69) is 10.1 Å². The second-order valence-electron chi connectivity index (χ2n) is 7.77. The van der Waals surface area contributed by atoms with E-state index in [9.17, 15) is 4.79 Å². The average Bonchev–Trinajstić information content (AvgIpc) is 3.56. The maximum absolute atomic E-state index is 13.3. The summed E-state index contributed by atoms with van der Waals surface area (Å²) in [7, 11) is 1.60. The van der Waals surface area contributed by atoms with Crippen molar-refractivity contribution in [3.05, 3.63) is 89.8 Å². The lowest BCUT2D eigenvalue weighted by atomic mass is 10.1. The molecule has 0 unspecified atom stereocenters. The van der Waals surface area contributed by atoms with Crippen LogP contribution < -0.4 is 14.2 Å². The van der Waals surface area contributed by atoms with Gasteiger partial charge in [0.15, 0.2) is 11.5 Å². The van der Waals surface area contributed by atoms with E-state index >= 15 is 0 Å². The number of methoxy groups -OCH3 is 1. The minimum atomic E-state index is -0.0815. The van der Waals surface area contributed by atoms with Crippen LogP contribution in [0.2, 0.25) is 0 Å². The molecule has 0 atom stereocenters. The zero-order chi connectivity index (χ0) is 23.3. The Morgan fingerprint density at radius 2 is 1.79 bits per heavy atom. The summed E-state index contributed by atoms with van der Waals surface area (Å²) in [4.78, 5) is 19.6. The normalized spacial score (nSPS) is 11.9. The molecule has 172 valence electrons. The average molecular weight is 457 g/mol. The molecule has 0 saturated heterocycles. The van der Waals surface area contributed by atoms with E-state index < -0.39 is 0 Å². The van der Waals surface area contributed by atoms with Crippen LogP contribution in [0.25, 0.3) is 11.4 Å². The van der Waals surface area contributed by atoms with Crippen LogP contribution in [0, 0.1) is 0 Å². The smallest absolute Gasteiger partial charge is 0.254 e. The highest BCUT2D eigenvalue weighted by atomic mass is 16.7. The molecule has 2 heterocycles. The van der Waals surface area contributed by atoms with Gasteiger partial charge in [0.05, 0.1) is 7.11 Å². The molecule has 4 aromatic rings. The second-order valence-corrected chi connectivity index (χ2v) is 7.77. The van der Waals surface area contributed by atoms with Gasteiger partial charge in [-0.2, -0.15) is 4.98 Å². The molecule has 5 rings (SSSR count). The van der Waals surface area contributed by atoms with E-state index in [0.29, 0.717) is 54.0 Å². The van der Waals surface area contributed by atoms with Crippen molar-refractivity contribution in [1.29, 1.82) is 0 Å². The predicted molar refractivity (Wildman–Crippen MR) is 124 cm³/mol. The number of fused-ring (bicyclic) bond motifs is 1. The van der Waals surface area contributed by atoms with Crippen LogP contribution in [0.15, 0.2) is 77.3 Å². The molecule has 0 N–H and O–H groups in total. The quantitative estimate of drug-likeness (QED) is 0.389. The summed E-state index contributed by atoms with van der Waals surface area (Å²) in [6, 6.07) is 22.5. The van der Waals surface area contributed by atoms with Crippen LogP contribution in [0.1, 0.15) is 21.8 Å². The van der Waals surface area contributed by atoms with Gasteiger partial charge in [-0.05, 0) is 48.0 Å². The van der Waals surface area contributed by atoms with Gasteiger partial charge in [-0.3, -0.25) is 4.79 Å². The number of rotatable bonds is 8.